The molecule has 3 rings (SSSR count). The molecule has 1 saturated carbocycles. The molecule has 2 amide bonds. The van der Waals surface area contributed by atoms with Gasteiger partial charge in [-0.3, -0.25) is 0 Å². The molecular weight excluding hydrogens is 238 g/mol. The summed E-state index contributed by atoms with van der Waals surface area (Å²) in [6.07, 6.45) is 5.18. The zero-order valence-electron chi connectivity index (χ0n) is 9.40. The van der Waals surface area contributed by atoms with Crippen molar-refractivity contribution in [3.63, 3.8) is 0 Å². The number of rotatable bonds is 1. The summed E-state index contributed by atoms with van der Waals surface area (Å²) in [4.78, 5) is 17.9. The summed E-state index contributed by atoms with van der Waals surface area (Å²) in [6.45, 7) is 0.900. The van der Waals surface area contributed by atoms with Gasteiger partial charge < -0.3 is 10.2 Å². The number of pyridine rings is 1. The van der Waals surface area contributed by atoms with Crippen molar-refractivity contribution < 1.29 is 4.79 Å². The third kappa shape index (κ3) is 2.09. The molecule has 2 aliphatic rings. The highest BCUT2D eigenvalue weighted by molar-refractivity contribution is 6.29. The van der Waals surface area contributed by atoms with Gasteiger partial charge in [0.15, 0.2) is 0 Å². The van der Waals surface area contributed by atoms with Gasteiger partial charge in [0.05, 0.1) is 11.9 Å². The summed E-state index contributed by atoms with van der Waals surface area (Å²) < 4.78 is 0. The molecule has 1 aromatic rings. The van der Waals surface area contributed by atoms with E-state index in [4.69, 9.17) is 11.6 Å². The Balaban J connectivity index is 1.65. The molecule has 90 valence electrons. The average Bonchev–Trinajstić information content (AvgIpc) is 2.94. The van der Waals surface area contributed by atoms with E-state index < -0.39 is 0 Å². The molecule has 1 aliphatic carbocycles. The largest absolute Gasteiger partial charge is 0.322 e. The molecule has 1 N–H and O–H groups in total. The first kappa shape index (κ1) is 10.8. The van der Waals surface area contributed by atoms with Crippen molar-refractivity contribution in [1.29, 1.82) is 0 Å². The normalized spacial score (nSPS) is 26.3. The fourth-order valence-electron chi connectivity index (χ4n) is 2.82. The Labute approximate surface area is 105 Å². The van der Waals surface area contributed by atoms with Crippen LogP contribution in [0.1, 0.15) is 19.3 Å². The molecule has 5 heteroatoms. The molecule has 17 heavy (non-hydrogen) atoms. The highest BCUT2D eigenvalue weighted by atomic mass is 35.5. The summed E-state index contributed by atoms with van der Waals surface area (Å²) >= 11 is 5.69. The number of hydrogen-bond acceptors (Lipinski definition) is 2. The number of halogens is 1. The number of nitrogens with zero attached hydrogens (tertiary/aromatic N) is 2. The lowest BCUT2D eigenvalue weighted by molar-refractivity contribution is 0.194. The van der Waals surface area contributed by atoms with Crippen LogP contribution in [-0.2, 0) is 0 Å². The van der Waals surface area contributed by atoms with Gasteiger partial charge in [-0.05, 0) is 37.3 Å². The minimum Gasteiger partial charge on any atom is -0.321 e. The SMILES string of the molecule is O=C(Nc1ccc(Cl)nc1)N1CC2CCC1C2. The first-order valence-corrected chi connectivity index (χ1v) is 6.29. The molecule has 2 bridgehead atoms. The van der Waals surface area contributed by atoms with Crippen molar-refractivity contribution in [2.75, 3.05) is 11.9 Å². The monoisotopic (exact) mass is 251 g/mol. The van der Waals surface area contributed by atoms with Gasteiger partial charge in [-0.1, -0.05) is 11.6 Å². The van der Waals surface area contributed by atoms with E-state index in [0.29, 0.717) is 22.8 Å². The number of aromatic nitrogens is 1. The van der Waals surface area contributed by atoms with Crippen LogP contribution in [0.5, 0.6) is 0 Å². The average molecular weight is 252 g/mol. The number of amides is 2. The predicted octanol–water partition coefficient (Wildman–Crippen LogP) is 2.75. The Morgan fingerprint density at radius 3 is 2.94 bits per heavy atom. The standard InChI is InChI=1S/C12H14ClN3O/c13-11-4-2-9(6-14-11)15-12(17)16-7-8-1-3-10(16)5-8/h2,4,6,8,10H,1,3,5,7H2,(H,15,17). The van der Waals surface area contributed by atoms with Crippen LogP contribution >= 0.6 is 11.6 Å². The first-order chi connectivity index (χ1) is 8.22. The highest BCUT2D eigenvalue weighted by Gasteiger charge is 2.40. The Kier molecular flexibility index (Phi) is 2.67. The number of anilines is 1. The van der Waals surface area contributed by atoms with E-state index in [1.165, 1.54) is 12.8 Å². The van der Waals surface area contributed by atoms with Crippen LogP contribution in [0.15, 0.2) is 18.3 Å². The van der Waals surface area contributed by atoms with E-state index in [1.54, 1.807) is 18.3 Å². The first-order valence-electron chi connectivity index (χ1n) is 5.91. The summed E-state index contributed by atoms with van der Waals surface area (Å²) in [7, 11) is 0. The van der Waals surface area contributed by atoms with E-state index in [9.17, 15) is 4.79 Å². The van der Waals surface area contributed by atoms with Gasteiger partial charge in [0.25, 0.3) is 0 Å². The van der Waals surface area contributed by atoms with Gasteiger partial charge in [-0.25, -0.2) is 9.78 Å². The van der Waals surface area contributed by atoms with Crippen molar-refractivity contribution in [2.24, 2.45) is 5.92 Å². The second kappa shape index (κ2) is 4.18. The van der Waals surface area contributed by atoms with E-state index in [2.05, 4.69) is 10.3 Å². The lowest BCUT2D eigenvalue weighted by Gasteiger charge is -2.27. The molecule has 1 saturated heterocycles. The van der Waals surface area contributed by atoms with E-state index in [1.807, 2.05) is 4.90 Å². The van der Waals surface area contributed by atoms with Crippen LogP contribution in [0.3, 0.4) is 0 Å². The number of nitrogens with one attached hydrogen (secondary N) is 1. The summed E-state index contributed by atoms with van der Waals surface area (Å²) in [5.41, 5.74) is 0.696. The quantitative estimate of drug-likeness (QED) is 0.780. The van der Waals surface area contributed by atoms with Crippen molar-refractivity contribution in [3.05, 3.63) is 23.5 Å². The van der Waals surface area contributed by atoms with Gasteiger partial charge in [0.1, 0.15) is 5.15 Å². The Hall–Kier alpha value is -1.29. The number of urea groups is 1. The molecule has 2 atom stereocenters. The Bertz CT molecular complexity index is 434. The number of carbonyl (C=O) groups is 1. The molecular formula is C12H14ClN3O. The molecule has 2 heterocycles. The number of piperidine rings is 1. The molecule has 0 radical (unpaired) electrons. The van der Waals surface area contributed by atoms with E-state index >= 15 is 0 Å². The van der Waals surface area contributed by atoms with Crippen molar-refractivity contribution in [3.8, 4) is 0 Å². The second-order valence-corrected chi connectivity index (χ2v) is 5.17. The summed E-state index contributed by atoms with van der Waals surface area (Å²) in [5.74, 6) is 0.717. The van der Waals surface area contributed by atoms with Gasteiger partial charge in [-0.2, -0.15) is 0 Å². The molecule has 0 aromatic carbocycles. The molecule has 2 unspecified atom stereocenters. The second-order valence-electron chi connectivity index (χ2n) is 4.79. The van der Waals surface area contributed by atoms with Crippen LogP contribution in [-0.4, -0.2) is 28.5 Å². The third-order valence-electron chi connectivity index (χ3n) is 3.65. The third-order valence-corrected chi connectivity index (χ3v) is 3.87. The smallest absolute Gasteiger partial charge is 0.321 e. The topological polar surface area (TPSA) is 45.2 Å². The minimum atomic E-state index is -0.0127. The van der Waals surface area contributed by atoms with E-state index in [0.717, 1.165) is 13.0 Å². The maximum absolute atomic E-state index is 12.0. The Morgan fingerprint density at radius 2 is 2.35 bits per heavy atom. The van der Waals surface area contributed by atoms with Crippen LogP contribution in [0, 0.1) is 5.92 Å². The van der Waals surface area contributed by atoms with Gasteiger partial charge in [0.2, 0.25) is 0 Å². The Morgan fingerprint density at radius 1 is 1.47 bits per heavy atom. The fraction of sp³-hybridized carbons (Fsp3) is 0.500. The number of fused-ring (bicyclic) bond motifs is 2. The van der Waals surface area contributed by atoms with Crippen LogP contribution < -0.4 is 5.32 Å². The number of carbonyl (C=O) groups excluding carboxylic acids is 1. The number of likely N-dealkylation sites (tertiary alicyclic amines) is 1. The lowest BCUT2D eigenvalue weighted by Crippen LogP contribution is -2.40. The zero-order valence-corrected chi connectivity index (χ0v) is 10.2. The van der Waals surface area contributed by atoms with Crippen LogP contribution in [0.2, 0.25) is 5.15 Å². The van der Waals surface area contributed by atoms with Crippen molar-refractivity contribution >= 4 is 23.3 Å². The van der Waals surface area contributed by atoms with Gasteiger partial charge in [-0.15, -0.1) is 0 Å². The molecule has 0 spiro atoms. The lowest BCUT2D eigenvalue weighted by atomic mass is 10.1. The molecule has 1 aromatic heterocycles. The van der Waals surface area contributed by atoms with Gasteiger partial charge >= 0.3 is 6.03 Å². The molecule has 4 nitrogen and oxygen atoms in total. The van der Waals surface area contributed by atoms with Crippen molar-refractivity contribution in [1.82, 2.24) is 9.88 Å². The van der Waals surface area contributed by atoms with Crippen molar-refractivity contribution in [2.45, 2.75) is 25.3 Å². The fourth-order valence-corrected chi connectivity index (χ4v) is 2.93. The zero-order chi connectivity index (χ0) is 11.8. The summed E-state index contributed by atoms with van der Waals surface area (Å²) in [5, 5.41) is 3.30. The summed E-state index contributed by atoms with van der Waals surface area (Å²) in [6, 6.07) is 3.87. The molecule has 1 aliphatic heterocycles. The van der Waals surface area contributed by atoms with Gasteiger partial charge in [0, 0.05) is 12.6 Å². The predicted molar refractivity (Wildman–Crippen MR) is 66.1 cm³/mol. The van der Waals surface area contributed by atoms with Crippen LogP contribution in [0.4, 0.5) is 10.5 Å². The minimum absolute atomic E-state index is 0.0127. The molecule has 2 fully saturated rings. The maximum atomic E-state index is 12.0. The highest BCUT2D eigenvalue weighted by Crippen LogP contribution is 2.37. The van der Waals surface area contributed by atoms with E-state index in [-0.39, 0.29) is 6.03 Å². The number of hydrogen-bond donors (Lipinski definition) is 1. The van der Waals surface area contributed by atoms with Crippen LogP contribution in [0.25, 0.3) is 0 Å². The maximum Gasteiger partial charge on any atom is 0.322 e.